The van der Waals surface area contributed by atoms with E-state index in [-0.39, 0.29) is 11.8 Å². The first kappa shape index (κ1) is 24.9. The van der Waals surface area contributed by atoms with Gasteiger partial charge >= 0.3 is 0 Å². The summed E-state index contributed by atoms with van der Waals surface area (Å²) in [5.41, 5.74) is 5.77. The van der Waals surface area contributed by atoms with E-state index in [1.165, 1.54) is 5.57 Å². The first-order valence-electron chi connectivity index (χ1n) is 12.7. The number of nitrogens with one attached hydrogen (secondary N) is 2. The van der Waals surface area contributed by atoms with Crippen molar-refractivity contribution in [2.75, 3.05) is 26.7 Å². The summed E-state index contributed by atoms with van der Waals surface area (Å²) in [6.45, 7) is 5.37. The molecular formula is C29H36N4O2. The lowest BCUT2D eigenvalue weighted by Crippen LogP contribution is -2.36. The molecule has 0 radical (unpaired) electrons. The number of likely N-dealkylation sites (tertiary alicyclic amines) is 1. The van der Waals surface area contributed by atoms with Crippen LogP contribution in [0.2, 0.25) is 0 Å². The van der Waals surface area contributed by atoms with Crippen LogP contribution in [-0.4, -0.2) is 48.4 Å². The van der Waals surface area contributed by atoms with Crippen molar-refractivity contribution in [3.63, 3.8) is 0 Å². The second-order valence-corrected chi connectivity index (χ2v) is 9.62. The van der Waals surface area contributed by atoms with Gasteiger partial charge in [-0.15, -0.1) is 0 Å². The lowest BCUT2D eigenvalue weighted by molar-refractivity contribution is -0.117. The Morgan fingerprint density at radius 3 is 2.54 bits per heavy atom. The maximum atomic E-state index is 13.1. The number of carbonyl (C=O) groups is 2. The molecule has 184 valence electrons. The first-order valence-corrected chi connectivity index (χ1v) is 12.7. The highest BCUT2D eigenvalue weighted by Crippen LogP contribution is 2.31. The summed E-state index contributed by atoms with van der Waals surface area (Å²) >= 11 is 0. The minimum absolute atomic E-state index is 0.0507. The summed E-state index contributed by atoms with van der Waals surface area (Å²) in [4.78, 5) is 32.3. The lowest BCUT2D eigenvalue weighted by Gasteiger charge is -2.28. The average Bonchev–Trinajstić information content (AvgIpc) is 2.91. The molecule has 4 rings (SSSR count). The molecule has 1 aliphatic heterocycles. The molecule has 2 heterocycles. The van der Waals surface area contributed by atoms with Crippen LogP contribution in [-0.2, 0) is 11.3 Å². The van der Waals surface area contributed by atoms with E-state index in [4.69, 9.17) is 0 Å². The zero-order chi connectivity index (χ0) is 24.6. The van der Waals surface area contributed by atoms with E-state index in [2.05, 4.69) is 34.5 Å². The van der Waals surface area contributed by atoms with Gasteiger partial charge in [0.05, 0.1) is 0 Å². The minimum atomic E-state index is -0.0646. The molecule has 6 nitrogen and oxygen atoms in total. The summed E-state index contributed by atoms with van der Waals surface area (Å²) in [5, 5.41) is 6.17. The summed E-state index contributed by atoms with van der Waals surface area (Å²) in [6, 6.07) is 11.5. The van der Waals surface area contributed by atoms with E-state index in [0.717, 1.165) is 67.5 Å². The zero-order valence-corrected chi connectivity index (χ0v) is 20.8. The van der Waals surface area contributed by atoms with Crippen LogP contribution < -0.4 is 10.6 Å². The van der Waals surface area contributed by atoms with Gasteiger partial charge in [-0.3, -0.25) is 14.6 Å². The summed E-state index contributed by atoms with van der Waals surface area (Å²) in [5.74, 6) is 0.426. The molecule has 0 spiro atoms. The number of pyridine rings is 1. The fraction of sp³-hybridized carbons (Fsp3) is 0.414. The van der Waals surface area contributed by atoms with Gasteiger partial charge in [-0.2, -0.15) is 0 Å². The van der Waals surface area contributed by atoms with Gasteiger partial charge in [0.1, 0.15) is 0 Å². The monoisotopic (exact) mass is 472 g/mol. The highest BCUT2D eigenvalue weighted by molar-refractivity contribution is 5.99. The third-order valence-corrected chi connectivity index (χ3v) is 7.15. The van der Waals surface area contributed by atoms with E-state index >= 15 is 0 Å². The van der Waals surface area contributed by atoms with E-state index in [1.54, 1.807) is 12.4 Å². The van der Waals surface area contributed by atoms with Gasteiger partial charge < -0.3 is 15.5 Å². The molecular weight excluding hydrogens is 436 g/mol. The second-order valence-electron chi connectivity index (χ2n) is 9.62. The third kappa shape index (κ3) is 6.67. The molecule has 1 aromatic heterocycles. The predicted molar refractivity (Wildman–Crippen MR) is 140 cm³/mol. The van der Waals surface area contributed by atoms with E-state index in [0.29, 0.717) is 24.6 Å². The van der Waals surface area contributed by atoms with Crippen molar-refractivity contribution in [1.82, 2.24) is 20.5 Å². The number of amides is 2. The molecule has 1 aliphatic carbocycles. The van der Waals surface area contributed by atoms with Crippen LogP contribution in [0.25, 0.3) is 5.57 Å². The second kappa shape index (κ2) is 11.9. The molecule has 0 saturated carbocycles. The van der Waals surface area contributed by atoms with Crippen LogP contribution in [0, 0.1) is 5.92 Å². The van der Waals surface area contributed by atoms with E-state index < -0.39 is 0 Å². The largest absolute Gasteiger partial charge is 0.352 e. The van der Waals surface area contributed by atoms with Crippen molar-refractivity contribution in [2.45, 2.75) is 45.6 Å². The van der Waals surface area contributed by atoms with Gasteiger partial charge in [0.25, 0.3) is 11.8 Å². The zero-order valence-electron chi connectivity index (χ0n) is 20.8. The van der Waals surface area contributed by atoms with Crippen molar-refractivity contribution in [1.29, 1.82) is 0 Å². The molecule has 1 aromatic carbocycles. The Balaban J connectivity index is 1.36. The van der Waals surface area contributed by atoms with Gasteiger partial charge in [-0.05, 0) is 105 Å². The summed E-state index contributed by atoms with van der Waals surface area (Å²) < 4.78 is 0. The Labute approximate surface area is 208 Å². The Morgan fingerprint density at radius 1 is 1.03 bits per heavy atom. The van der Waals surface area contributed by atoms with Gasteiger partial charge in [-0.25, -0.2) is 0 Å². The van der Waals surface area contributed by atoms with Crippen LogP contribution in [0.4, 0.5) is 0 Å². The van der Waals surface area contributed by atoms with Gasteiger partial charge in [0.15, 0.2) is 0 Å². The normalized spacial score (nSPS) is 17.1. The topological polar surface area (TPSA) is 74.3 Å². The molecule has 0 unspecified atom stereocenters. The molecule has 2 aliphatic rings. The number of nitrogens with zero attached hydrogens (tertiary/aromatic N) is 2. The molecule has 0 atom stereocenters. The molecule has 6 heteroatoms. The number of benzene rings is 1. The predicted octanol–water partition coefficient (Wildman–Crippen LogP) is 4.35. The molecule has 0 bridgehead atoms. The Kier molecular flexibility index (Phi) is 8.48. The van der Waals surface area contributed by atoms with Crippen LogP contribution in [0.3, 0.4) is 0 Å². The van der Waals surface area contributed by atoms with Crippen LogP contribution in [0.5, 0.6) is 0 Å². The van der Waals surface area contributed by atoms with Crippen LogP contribution >= 0.6 is 0 Å². The molecule has 1 fully saturated rings. The number of carbonyl (C=O) groups excluding carboxylic acids is 2. The average molecular weight is 473 g/mol. The molecule has 1 saturated heterocycles. The van der Waals surface area contributed by atoms with Crippen molar-refractivity contribution in [3.8, 4) is 0 Å². The van der Waals surface area contributed by atoms with Crippen molar-refractivity contribution >= 4 is 17.4 Å². The number of piperidine rings is 1. The molecule has 2 aromatic rings. The van der Waals surface area contributed by atoms with Crippen molar-refractivity contribution < 1.29 is 9.59 Å². The Hall–Kier alpha value is -3.25. The summed E-state index contributed by atoms with van der Waals surface area (Å²) in [7, 11) is 2.14. The maximum absolute atomic E-state index is 13.1. The Morgan fingerprint density at radius 2 is 1.80 bits per heavy atom. The minimum Gasteiger partial charge on any atom is -0.352 e. The number of rotatable bonds is 8. The number of aromatic nitrogens is 1. The number of allylic oxidation sites excluding steroid dienone is 2. The summed E-state index contributed by atoms with van der Waals surface area (Å²) in [6.07, 6.45) is 10.5. The smallest absolute Gasteiger partial charge is 0.251 e. The quantitative estimate of drug-likeness (QED) is 0.599. The lowest BCUT2D eigenvalue weighted by atomic mass is 9.87. The van der Waals surface area contributed by atoms with Gasteiger partial charge in [0, 0.05) is 36.6 Å². The first-order chi connectivity index (χ1) is 17.0. The fourth-order valence-corrected chi connectivity index (χ4v) is 4.86. The van der Waals surface area contributed by atoms with Crippen molar-refractivity contribution in [2.24, 2.45) is 5.92 Å². The molecule has 2 amide bonds. The standard InChI is InChI=1S/C29H36N4O2/c1-3-23-7-8-25(24-9-13-30-14-10-24)18-27(23)29(35)32-20-22-5-4-6-26(17-22)28(34)31-19-21-11-15-33(2)16-12-21/h4-6,9-10,13-14,17-18,21H,3,7-8,11-12,15-16,19-20H2,1-2H3,(H,31,34)(H,32,35). The maximum Gasteiger partial charge on any atom is 0.251 e. The molecule has 2 N–H and O–H groups in total. The number of hydrogen-bond donors (Lipinski definition) is 2. The highest BCUT2D eigenvalue weighted by Gasteiger charge is 2.20. The van der Waals surface area contributed by atoms with Crippen LogP contribution in [0.15, 0.2) is 66.0 Å². The van der Waals surface area contributed by atoms with Crippen molar-refractivity contribution in [3.05, 3.63) is 82.7 Å². The van der Waals surface area contributed by atoms with Gasteiger partial charge in [0.2, 0.25) is 0 Å². The van der Waals surface area contributed by atoms with Crippen LogP contribution in [0.1, 0.15) is 60.5 Å². The molecule has 35 heavy (non-hydrogen) atoms. The number of hydrogen-bond acceptors (Lipinski definition) is 4. The highest BCUT2D eigenvalue weighted by atomic mass is 16.2. The Bertz CT molecular complexity index is 1100. The van der Waals surface area contributed by atoms with E-state index in [9.17, 15) is 9.59 Å². The van der Waals surface area contributed by atoms with E-state index in [1.807, 2.05) is 42.5 Å². The fourth-order valence-electron chi connectivity index (χ4n) is 4.86. The SMILES string of the molecule is CCC1=C(C(=O)NCc2cccc(C(=O)NCC3CCN(C)CC3)c2)C=C(c2ccncc2)CC1. The van der Waals surface area contributed by atoms with Gasteiger partial charge in [-0.1, -0.05) is 24.6 Å². The third-order valence-electron chi connectivity index (χ3n) is 7.15.